The fraction of sp³-hybridized carbons (Fsp3) is 0.538. The molecule has 1 atom stereocenters. The highest BCUT2D eigenvalue weighted by Crippen LogP contribution is 2.27. The largest absolute Gasteiger partial charge is 0.496 e. The maximum absolute atomic E-state index is 12.3. The number of benzene rings is 1. The van der Waals surface area contributed by atoms with E-state index in [0.717, 1.165) is 19.3 Å². The van der Waals surface area contributed by atoms with Crippen LogP contribution in [-0.2, 0) is 10.0 Å². The molecule has 19 heavy (non-hydrogen) atoms. The van der Waals surface area contributed by atoms with Gasteiger partial charge in [0.15, 0.2) is 0 Å². The van der Waals surface area contributed by atoms with Crippen molar-refractivity contribution in [3.05, 3.63) is 22.7 Å². The van der Waals surface area contributed by atoms with Gasteiger partial charge >= 0.3 is 0 Å². The van der Waals surface area contributed by atoms with Gasteiger partial charge in [-0.3, -0.25) is 0 Å². The SMILES string of the molecule is CCCC(CC)NS(=O)(=O)c1ccc(OC)c(Br)c1. The van der Waals surface area contributed by atoms with Crippen LogP contribution in [0.25, 0.3) is 0 Å². The number of rotatable bonds is 7. The van der Waals surface area contributed by atoms with Crippen LogP contribution in [0.5, 0.6) is 5.75 Å². The van der Waals surface area contributed by atoms with Crippen molar-refractivity contribution in [3.8, 4) is 5.75 Å². The number of hydrogen-bond donors (Lipinski definition) is 1. The van der Waals surface area contributed by atoms with Crippen LogP contribution in [0.15, 0.2) is 27.6 Å². The molecule has 1 aromatic carbocycles. The first-order valence-electron chi connectivity index (χ1n) is 6.30. The van der Waals surface area contributed by atoms with Crippen LogP contribution in [0.1, 0.15) is 33.1 Å². The minimum absolute atomic E-state index is 0.0177. The summed E-state index contributed by atoms with van der Waals surface area (Å²) in [5, 5.41) is 0. The molecular weight excluding hydrogens is 330 g/mol. The van der Waals surface area contributed by atoms with Crippen molar-refractivity contribution in [2.45, 2.75) is 44.0 Å². The summed E-state index contributed by atoms with van der Waals surface area (Å²) in [6.45, 7) is 4.02. The second-order valence-corrected chi connectivity index (χ2v) is 6.88. The second-order valence-electron chi connectivity index (χ2n) is 4.31. The van der Waals surface area contributed by atoms with E-state index in [4.69, 9.17) is 4.74 Å². The predicted molar refractivity (Wildman–Crippen MR) is 80.0 cm³/mol. The van der Waals surface area contributed by atoms with Gasteiger partial charge in [0, 0.05) is 6.04 Å². The Kier molecular flexibility index (Phi) is 6.29. The Hall–Kier alpha value is -0.590. The van der Waals surface area contributed by atoms with E-state index in [1.807, 2.05) is 13.8 Å². The van der Waals surface area contributed by atoms with E-state index in [2.05, 4.69) is 20.7 Å². The quantitative estimate of drug-likeness (QED) is 0.821. The van der Waals surface area contributed by atoms with Crippen molar-refractivity contribution in [2.24, 2.45) is 0 Å². The van der Waals surface area contributed by atoms with Crippen molar-refractivity contribution < 1.29 is 13.2 Å². The van der Waals surface area contributed by atoms with E-state index >= 15 is 0 Å². The zero-order valence-electron chi connectivity index (χ0n) is 11.4. The Morgan fingerprint density at radius 2 is 2.05 bits per heavy atom. The van der Waals surface area contributed by atoms with Crippen molar-refractivity contribution in [1.29, 1.82) is 0 Å². The molecule has 108 valence electrons. The number of sulfonamides is 1. The van der Waals surface area contributed by atoms with Gasteiger partial charge in [0.25, 0.3) is 0 Å². The lowest BCUT2D eigenvalue weighted by Crippen LogP contribution is -2.34. The Bertz CT molecular complexity index is 517. The summed E-state index contributed by atoms with van der Waals surface area (Å²) >= 11 is 3.30. The van der Waals surface area contributed by atoms with Crippen LogP contribution in [0, 0.1) is 0 Å². The van der Waals surface area contributed by atoms with E-state index in [0.29, 0.717) is 10.2 Å². The average molecular weight is 350 g/mol. The van der Waals surface area contributed by atoms with Crippen LogP contribution in [0.3, 0.4) is 0 Å². The maximum atomic E-state index is 12.3. The van der Waals surface area contributed by atoms with Crippen molar-refractivity contribution in [2.75, 3.05) is 7.11 Å². The van der Waals surface area contributed by atoms with E-state index in [-0.39, 0.29) is 10.9 Å². The van der Waals surface area contributed by atoms with Crippen LogP contribution >= 0.6 is 15.9 Å². The molecule has 0 aliphatic heterocycles. The number of ether oxygens (including phenoxy) is 1. The molecule has 0 aliphatic carbocycles. The third-order valence-electron chi connectivity index (χ3n) is 2.89. The molecule has 1 aromatic rings. The average Bonchev–Trinajstić information content (AvgIpc) is 2.37. The lowest BCUT2D eigenvalue weighted by atomic mass is 10.1. The smallest absolute Gasteiger partial charge is 0.240 e. The minimum atomic E-state index is -3.48. The summed E-state index contributed by atoms with van der Waals surface area (Å²) < 4.78 is 33.0. The molecule has 0 aliphatic rings. The number of nitrogens with one attached hydrogen (secondary N) is 1. The van der Waals surface area contributed by atoms with E-state index in [1.54, 1.807) is 25.3 Å². The van der Waals surface area contributed by atoms with Crippen LogP contribution in [0.4, 0.5) is 0 Å². The highest BCUT2D eigenvalue weighted by molar-refractivity contribution is 9.10. The Morgan fingerprint density at radius 3 is 2.53 bits per heavy atom. The van der Waals surface area contributed by atoms with E-state index in [1.165, 1.54) is 0 Å². The van der Waals surface area contributed by atoms with Crippen molar-refractivity contribution in [1.82, 2.24) is 4.72 Å². The molecule has 0 heterocycles. The van der Waals surface area contributed by atoms with Gasteiger partial charge in [-0.25, -0.2) is 13.1 Å². The molecule has 0 saturated carbocycles. The second kappa shape index (κ2) is 7.26. The standard InChI is InChI=1S/C13H20BrNO3S/c1-4-6-10(5-2)15-19(16,17)11-7-8-13(18-3)12(14)9-11/h7-10,15H,4-6H2,1-3H3. The summed E-state index contributed by atoms with van der Waals surface area (Å²) in [6, 6.07) is 4.72. The lowest BCUT2D eigenvalue weighted by molar-refractivity contribution is 0.411. The first kappa shape index (κ1) is 16.5. The van der Waals surface area contributed by atoms with Gasteiger partial charge in [0.2, 0.25) is 10.0 Å². The summed E-state index contributed by atoms with van der Waals surface area (Å²) in [7, 11) is -1.93. The predicted octanol–water partition coefficient (Wildman–Crippen LogP) is 3.31. The molecule has 0 radical (unpaired) electrons. The first-order valence-corrected chi connectivity index (χ1v) is 8.58. The molecule has 1 N–H and O–H groups in total. The number of methoxy groups -OCH3 is 1. The molecule has 1 rings (SSSR count). The summed E-state index contributed by atoms with van der Waals surface area (Å²) in [5.74, 6) is 0.611. The molecule has 0 bridgehead atoms. The minimum Gasteiger partial charge on any atom is -0.496 e. The van der Waals surface area contributed by atoms with Gasteiger partial charge in [-0.1, -0.05) is 20.3 Å². The molecule has 0 aromatic heterocycles. The van der Waals surface area contributed by atoms with Gasteiger partial charge in [0.05, 0.1) is 16.5 Å². The molecule has 4 nitrogen and oxygen atoms in total. The van der Waals surface area contributed by atoms with Crippen LogP contribution in [-0.4, -0.2) is 21.6 Å². The topological polar surface area (TPSA) is 55.4 Å². The van der Waals surface area contributed by atoms with Crippen molar-refractivity contribution in [3.63, 3.8) is 0 Å². The summed E-state index contributed by atoms with van der Waals surface area (Å²) in [6.07, 6.45) is 2.57. The molecule has 0 fully saturated rings. The molecule has 0 spiro atoms. The highest BCUT2D eigenvalue weighted by Gasteiger charge is 2.19. The zero-order chi connectivity index (χ0) is 14.5. The Labute approximate surface area is 123 Å². The maximum Gasteiger partial charge on any atom is 0.240 e. The Balaban J connectivity index is 2.96. The van der Waals surface area contributed by atoms with Gasteiger partial charge in [0.1, 0.15) is 5.75 Å². The molecule has 6 heteroatoms. The Morgan fingerprint density at radius 1 is 1.37 bits per heavy atom. The first-order chi connectivity index (χ1) is 8.94. The lowest BCUT2D eigenvalue weighted by Gasteiger charge is -2.16. The van der Waals surface area contributed by atoms with E-state index in [9.17, 15) is 8.42 Å². The normalized spacial score (nSPS) is 13.3. The fourth-order valence-electron chi connectivity index (χ4n) is 1.80. The van der Waals surface area contributed by atoms with Gasteiger partial charge in [-0.2, -0.15) is 0 Å². The molecule has 0 amide bonds. The van der Waals surface area contributed by atoms with Crippen LogP contribution < -0.4 is 9.46 Å². The number of hydrogen-bond acceptors (Lipinski definition) is 3. The highest BCUT2D eigenvalue weighted by atomic mass is 79.9. The monoisotopic (exact) mass is 349 g/mol. The van der Waals surface area contributed by atoms with Gasteiger partial charge in [-0.15, -0.1) is 0 Å². The van der Waals surface area contributed by atoms with Gasteiger partial charge in [-0.05, 0) is 47.0 Å². The third kappa shape index (κ3) is 4.47. The molecular formula is C13H20BrNO3S. The molecule has 1 unspecified atom stereocenters. The summed E-state index contributed by atoms with van der Waals surface area (Å²) in [4.78, 5) is 0.245. The van der Waals surface area contributed by atoms with E-state index < -0.39 is 10.0 Å². The molecule has 0 saturated heterocycles. The van der Waals surface area contributed by atoms with Crippen molar-refractivity contribution >= 4 is 26.0 Å². The third-order valence-corrected chi connectivity index (χ3v) is 5.02. The zero-order valence-corrected chi connectivity index (χ0v) is 13.8. The number of halogens is 1. The van der Waals surface area contributed by atoms with Crippen LogP contribution in [0.2, 0.25) is 0 Å². The summed E-state index contributed by atoms with van der Waals surface area (Å²) in [5.41, 5.74) is 0. The van der Waals surface area contributed by atoms with Gasteiger partial charge < -0.3 is 4.74 Å². The fourth-order valence-corrected chi connectivity index (χ4v) is 3.87.